The van der Waals surface area contributed by atoms with Gasteiger partial charge in [0.2, 0.25) is 0 Å². The topological polar surface area (TPSA) is 8.17 Å². The molecule has 332 valence electrons. The number of rotatable bonds is 8. The van der Waals surface area contributed by atoms with E-state index in [2.05, 4.69) is 248 Å². The normalized spacial score (nSPS) is 14.3. The number of anilines is 3. The molecule has 1 aromatic heterocycles. The largest absolute Gasteiger partial charge is 0.309 e. The van der Waals surface area contributed by atoms with Crippen LogP contribution in [0.3, 0.4) is 0 Å². The zero-order valence-corrected chi connectivity index (χ0v) is 39.4. The summed E-state index contributed by atoms with van der Waals surface area (Å²) >= 11 is 0. The van der Waals surface area contributed by atoms with E-state index in [-0.39, 0.29) is 5.41 Å². The van der Waals surface area contributed by atoms with Crippen LogP contribution in [0.5, 0.6) is 0 Å². The minimum atomic E-state index is -0.0698. The molecule has 2 aliphatic rings. The summed E-state index contributed by atoms with van der Waals surface area (Å²) in [4.78, 5) is 2.54. The molecular formula is C67H54N2. The van der Waals surface area contributed by atoms with Gasteiger partial charge >= 0.3 is 0 Å². The van der Waals surface area contributed by atoms with Gasteiger partial charge in [0.1, 0.15) is 0 Å². The van der Waals surface area contributed by atoms with Gasteiger partial charge in [0.15, 0.2) is 0 Å². The predicted molar refractivity (Wildman–Crippen MR) is 293 cm³/mol. The van der Waals surface area contributed by atoms with Crippen LogP contribution in [0.25, 0.3) is 82.8 Å². The van der Waals surface area contributed by atoms with E-state index in [1.54, 1.807) is 0 Å². The first-order valence-corrected chi connectivity index (χ1v) is 25.0. The summed E-state index contributed by atoms with van der Waals surface area (Å²) in [5, 5.41) is 5.19. The Labute approximate surface area is 405 Å². The lowest BCUT2D eigenvalue weighted by molar-refractivity contribution is 0.445. The Morgan fingerprint density at radius 1 is 0.435 bits per heavy atom. The Hall–Kier alpha value is -7.94. The Morgan fingerprint density at radius 2 is 1.01 bits per heavy atom. The molecule has 0 amide bonds. The van der Waals surface area contributed by atoms with Gasteiger partial charge < -0.3 is 9.47 Å². The van der Waals surface area contributed by atoms with E-state index in [0.717, 1.165) is 22.7 Å². The third-order valence-corrected chi connectivity index (χ3v) is 15.6. The SMILES string of the molecule is CC1(C)c2ccccc2-c2ccc(-c3ccc(N(c4ccccc4-c4cccc5cccc(C6CCCCC6)c45)c4ccccc4-c4cccc5c6ccccc6n(-c6ccccc6)c45)cc3)cc21. The lowest BCUT2D eigenvalue weighted by atomic mass is 9.80. The van der Waals surface area contributed by atoms with Gasteiger partial charge in [0.25, 0.3) is 0 Å². The lowest BCUT2D eigenvalue weighted by Gasteiger charge is -2.31. The minimum Gasteiger partial charge on any atom is -0.309 e. The van der Waals surface area contributed by atoms with Crippen LogP contribution in [-0.4, -0.2) is 4.57 Å². The molecule has 10 aromatic carbocycles. The number of fused-ring (bicyclic) bond motifs is 7. The van der Waals surface area contributed by atoms with Crippen LogP contribution in [0.1, 0.15) is 68.6 Å². The van der Waals surface area contributed by atoms with Crippen LogP contribution in [-0.2, 0) is 5.41 Å². The van der Waals surface area contributed by atoms with Crippen molar-refractivity contribution in [3.8, 4) is 50.2 Å². The average Bonchev–Trinajstić information content (AvgIpc) is 3.87. The first-order valence-electron chi connectivity index (χ1n) is 25.0. The van der Waals surface area contributed by atoms with Crippen molar-refractivity contribution < 1.29 is 0 Å². The maximum absolute atomic E-state index is 2.54. The van der Waals surface area contributed by atoms with Crippen LogP contribution in [0.2, 0.25) is 0 Å². The van der Waals surface area contributed by atoms with E-state index < -0.39 is 0 Å². The van der Waals surface area contributed by atoms with Crippen molar-refractivity contribution in [2.45, 2.75) is 57.3 Å². The Balaban J connectivity index is 1.03. The molecule has 0 atom stereocenters. The van der Waals surface area contributed by atoms with Crippen molar-refractivity contribution in [2.75, 3.05) is 4.90 Å². The molecule has 0 unspecified atom stereocenters. The smallest absolute Gasteiger partial charge is 0.0620 e. The summed E-state index contributed by atoms with van der Waals surface area (Å²) in [6.07, 6.45) is 6.44. The van der Waals surface area contributed by atoms with Crippen molar-refractivity contribution in [2.24, 2.45) is 0 Å². The third kappa shape index (κ3) is 6.76. The Kier molecular flexibility index (Phi) is 9.98. The monoisotopic (exact) mass is 886 g/mol. The second kappa shape index (κ2) is 16.7. The molecule has 11 aromatic rings. The third-order valence-electron chi connectivity index (χ3n) is 15.6. The van der Waals surface area contributed by atoms with Crippen molar-refractivity contribution >= 4 is 49.6 Å². The predicted octanol–water partition coefficient (Wildman–Crippen LogP) is 18.8. The van der Waals surface area contributed by atoms with Crippen LogP contribution < -0.4 is 4.90 Å². The van der Waals surface area contributed by atoms with Crippen molar-refractivity contribution in [3.63, 3.8) is 0 Å². The van der Waals surface area contributed by atoms with Gasteiger partial charge in [-0.05, 0) is 123 Å². The van der Waals surface area contributed by atoms with E-state index in [4.69, 9.17) is 0 Å². The fourth-order valence-corrected chi connectivity index (χ4v) is 12.3. The molecule has 0 saturated heterocycles. The van der Waals surface area contributed by atoms with Gasteiger partial charge in [-0.15, -0.1) is 0 Å². The molecule has 2 aliphatic carbocycles. The molecule has 1 fully saturated rings. The molecule has 1 heterocycles. The summed E-state index contributed by atoms with van der Waals surface area (Å²) in [6, 6.07) is 84.0. The van der Waals surface area contributed by atoms with Crippen LogP contribution in [0.4, 0.5) is 17.1 Å². The quantitative estimate of drug-likeness (QED) is 0.148. The minimum absolute atomic E-state index is 0.0698. The Morgan fingerprint density at radius 3 is 1.80 bits per heavy atom. The summed E-state index contributed by atoms with van der Waals surface area (Å²) in [6.45, 7) is 4.73. The van der Waals surface area contributed by atoms with Crippen LogP contribution in [0, 0.1) is 0 Å². The van der Waals surface area contributed by atoms with E-state index >= 15 is 0 Å². The summed E-state index contributed by atoms with van der Waals surface area (Å²) in [7, 11) is 0. The number of nitrogens with zero attached hydrogens (tertiary/aromatic N) is 2. The summed E-state index contributed by atoms with van der Waals surface area (Å²) in [5.41, 5.74) is 21.2. The van der Waals surface area contributed by atoms with E-state index in [1.807, 2.05) is 0 Å². The van der Waals surface area contributed by atoms with Crippen LogP contribution in [0.15, 0.2) is 224 Å². The highest BCUT2D eigenvalue weighted by molar-refractivity contribution is 6.15. The molecule has 1 saturated carbocycles. The first-order chi connectivity index (χ1) is 34.0. The molecular weight excluding hydrogens is 833 g/mol. The Bertz CT molecular complexity index is 3730. The zero-order valence-electron chi connectivity index (χ0n) is 39.4. The highest BCUT2D eigenvalue weighted by Crippen LogP contribution is 2.52. The van der Waals surface area contributed by atoms with E-state index in [0.29, 0.717) is 5.92 Å². The van der Waals surface area contributed by atoms with Gasteiger partial charge in [-0.25, -0.2) is 0 Å². The molecule has 13 rings (SSSR count). The summed E-state index contributed by atoms with van der Waals surface area (Å²) in [5.74, 6) is 0.566. The molecule has 0 spiro atoms. The van der Waals surface area contributed by atoms with Gasteiger partial charge in [-0.2, -0.15) is 0 Å². The zero-order chi connectivity index (χ0) is 46.1. The fourth-order valence-electron chi connectivity index (χ4n) is 12.3. The number of hydrogen-bond acceptors (Lipinski definition) is 1. The van der Waals surface area contributed by atoms with Gasteiger partial charge in [-0.3, -0.25) is 0 Å². The van der Waals surface area contributed by atoms with Gasteiger partial charge in [0.05, 0.1) is 22.4 Å². The molecule has 0 N–H and O–H groups in total. The highest BCUT2D eigenvalue weighted by Gasteiger charge is 2.35. The van der Waals surface area contributed by atoms with Gasteiger partial charge in [0, 0.05) is 44.3 Å². The highest BCUT2D eigenvalue weighted by atomic mass is 15.1. The second-order valence-electron chi connectivity index (χ2n) is 19.8. The molecule has 0 radical (unpaired) electrons. The van der Waals surface area contributed by atoms with E-state index in [1.165, 1.54) is 126 Å². The average molecular weight is 887 g/mol. The fraction of sp³-hybridized carbons (Fsp3) is 0.134. The number of aromatic nitrogens is 1. The summed E-state index contributed by atoms with van der Waals surface area (Å²) < 4.78 is 2.46. The van der Waals surface area contributed by atoms with Crippen molar-refractivity contribution in [3.05, 3.63) is 241 Å². The maximum atomic E-state index is 2.54. The molecule has 69 heavy (non-hydrogen) atoms. The van der Waals surface area contributed by atoms with Crippen molar-refractivity contribution in [1.29, 1.82) is 0 Å². The van der Waals surface area contributed by atoms with Crippen LogP contribution >= 0.6 is 0 Å². The first kappa shape index (κ1) is 41.3. The maximum Gasteiger partial charge on any atom is 0.0620 e. The van der Waals surface area contributed by atoms with Crippen molar-refractivity contribution in [1.82, 2.24) is 4.57 Å². The number of benzene rings is 10. The number of para-hydroxylation sites is 5. The standard InChI is InChI=1S/C67H54N2/c1-67(2)60-34-13-9-26-52(60)53-43-40-48(44-61(53)67)45-38-41-50(42-39-45)68(62-35-14-10-27-54(62)57-31-18-23-47-22-17-30-51(65(47)57)46-20-5-3-6-21-46)63-36-15-11-28-55(63)58-32-19-33-59-56-29-12-16-37-64(56)69(66(58)59)49-24-7-4-8-25-49/h4,7-19,22-44,46H,3,5-6,20-21H2,1-2H3. The van der Waals surface area contributed by atoms with E-state index in [9.17, 15) is 0 Å². The molecule has 2 heteroatoms. The lowest BCUT2D eigenvalue weighted by Crippen LogP contribution is -2.14. The molecule has 0 aliphatic heterocycles. The molecule has 2 nitrogen and oxygen atoms in total. The second-order valence-corrected chi connectivity index (χ2v) is 19.8. The van der Waals surface area contributed by atoms with Gasteiger partial charge in [-0.1, -0.05) is 209 Å². The molecule has 0 bridgehead atoms. The number of hydrogen-bond donors (Lipinski definition) is 0.